The summed E-state index contributed by atoms with van der Waals surface area (Å²) in [5, 5.41) is 0. The third-order valence-electron chi connectivity index (χ3n) is 4.28. The number of furan rings is 1. The molecular formula is C17H17N3O2. The summed E-state index contributed by atoms with van der Waals surface area (Å²) in [6.45, 7) is 2.75. The Kier molecular flexibility index (Phi) is 2.99. The predicted octanol–water partition coefficient (Wildman–Crippen LogP) is 3.21. The lowest BCUT2D eigenvalue weighted by Gasteiger charge is -2.22. The van der Waals surface area contributed by atoms with Gasteiger partial charge in [-0.3, -0.25) is 4.79 Å². The molecule has 0 radical (unpaired) electrons. The van der Waals surface area contributed by atoms with Crippen LogP contribution in [0.25, 0.3) is 5.65 Å². The molecule has 0 spiro atoms. The fraction of sp³-hybridized carbons (Fsp3) is 0.294. The van der Waals surface area contributed by atoms with Gasteiger partial charge >= 0.3 is 0 Å². The molecule has 1 amide bonds. The number of nitrogens with zero attached hydrogens (tertiary/aromatic N) is 3. The minimum Gasteiger partial charge on any atom is -0.467 e. The maximum Gasteiger partial charge on any atom is 0.274 e. The fourth-order valence-corrected chi connectivity index (χ4v) is 3.19. The zero-order valence-corrected chi connectivity index (χ0v) is 12.4. The highest BCUT2D eigenvalue weighted by molar-refractivity contribution is 5.93. The van der Waals surface area contributed by atoms with Crippen molar-refractivity contribution in [1.82, 2.24) is 14.3 Å². The maximum atomic E-state index is 12.8. The van der Waals surface area contributed by atoms with Crippen LogP contribution in [0.4, 0.5) is 0 Å². The molecule has 1 aliphatic rings. The molecule has 1 fully saturated rings. The average molecular weight is 295 g/mol. The monoisotopic (exact) mass is 295 g/mol. The largest absolute Gasteiger partial charge is 0.467 e. The zero-order chi connectivity index (χ0) is 15.1. The number of carbonyl (C=O) groups is 1. The van der Waals surface area contributed by atoms with E-state index in [9.17, 15) is 4.79 Å². The summed E-state index contributed by atoms with van der Waals surface area (Å²) < 4.78 is 7.40. The predicted molar refractivity (Wildman–Crippen MR) is 81.6 cm³/mol. The van der Waals surface area contributed by atoms with Crippen molar-refractivity contribution in [2.75, 3.05) is 6.54 Å². The Morgan fingerprint density at radius 3 is 3.05 bits per heavy atom. The first-order valence-corrected chi connectivity index (χ1v) is 7.53. The molecule has 5 nitrogen and oxygen atoms in total. The summed E-state index contributed by atoms with van der Waals surface area (Å²) in [7, 11) is 0. The van der Waals surface area contributed by atoms with E-state index in [1.54, 1.807) is 6.26 Å². The Bertz CT molecular complexity index is 820. The Hall–Kier alpha value is -2.56. The molecule has 0 bridgehead atoms. The summed E-state index contributed by atoms with van der Waals surface area (Å²) in [6, 6.07) is 7.78. The summed E-state index contributed by atoms with van der Waals surface area (Å²) in [5.74, 6) is 0.827. The van der Waals surface area contributed by atoms with Crippen LogP contribution in [-0.4, -0.2) is 26.7 Å². The highest BCUT2D eigenvalue weighted by Gasteiger charge is 2.33. The van der Waals surface area contributed by atoms with Gasteiger partial charge in [0, 0.05) is 18.9 Å². The molecule has 1 aliphatic heterocycles. The molecule has 4 rings (SSSR count). The molecule has 3 aromatic heterocycles. The van der Waals surface area contributed by atoms with Crippen LogP contribution in [0.3, 0.4) is 0 Å². The minimum absolute atomic E-state index is 0.0217. The molecule has 1 atom stereocenters. The third-order valence-corrected chi connectivity index (χ3v) is 4.28. The number of aryl methyl sites for hydroxylation is 1. The van der Waals surface area contributed by atoms with Crippen molar-refractivity contribution < 1.29 is 9.21 Å². The van der Waals surface area contributed by atoms with Gasteiger partial charge in [-0.2, -0.15) is 0 Å². The van der Waals surface area contributed by atoms with Crippen molar-refractivity contribution in [3.05, 3.63) is 59.9 Å². The lowest BCUT2D eigenvalue weighted by Crippen LogP contribution is -2.30. The SMILES string of the molecule is Cc1cccn2cc(C(=O)N3CCC[C@@H]3c3ccco3)nc12. The number of rotatable bonds is 2. The standard InChI is InChI=1S/C17H17N3O2/c1-12-5-2-8-19-11-13(18-16(12)19)17(21)20-9-3-6-14(20)15-7-4-10-22-15/h2,4-5,7-8,10-11,14H,3,6,9H2,1H3/t14-/m1/s1. The summed E-state index contributed by atoms with van der Waals surface area (Å²) in [5.41, 5.74) is 2.39. The fourth-order valence-electron chi connectivity index (χ4n) is 3.19. The third kappa shape index (κ3) is 2.01. The lowest BCUT2D eigenvalue weighted by atomic mass is 10.1. The first-order chi connectivity index (χ1) is 10.7. The molecule has 0 aromatic carbocycles. The Morgan fingerprint density at radius 2 is 2.27 bits per heavy atom. The second-order valence-corrected chi connectivity index (χ2v) is 5.72. The van der Waals surface area contributed by atoms with Gasteiger partial charge in [-0.15, -0.1) is 0 Å². The molecule has 112 valence electrons. The van der Waals surface area contributed by atoms with Gasteiger partial charge in [0.1, 0.15) is 17.1 Å². The number of fused-ring (bicyclic) bond motifs is 1. The maximum absolute atomic E-state index is 12.8. The molecule has 3 aromatic rings. The van der Waals surface area contributed by atoms with Gasteiger partial charge in [0.05, 0.1) is 12.3 Å². The number of amides is 1. The molecular weight excluding hydrogens is 278 g/mol. The molecule has 5 heteroatoms. The van der Waals surface area contributed by atoms with Crippen molar-refractivity contribution >= 4 is 11.6 Å². The van der Waals surface area contributed by atoms with Crippen LogP contribution in [0.5, 0.6) is 0 Å². The van der Waals surface area contributed by atoms with E-state index < -0.39 is 0 Å². The summed E-state index contributed by atoms with van der Waals surface area (Å²) >= 11 is 0. The van der Waals surface area contributed by atoms with Gasteiger partial charge in [-0.1, -0.05) is 6.07 Å². The Labute approximate surface area is 128 Å². The van der Waals surface area contributed by atoms with Crippen LogP contribution < -0.4 is 0 Å². The molecule has 0 saturated carbocycles. The number of imidazole rings is 1. The molecule has 0 aliphatic carbocycles. The molecule has 0 N–H and O–H groups in total. The quantitative estimate of drug-likeness (QED) is 0.729. The van der Waals surface area contributed by atoms with Crippen LogP contribution >= 0.6 is 0 Å². The van der Waals surface area contributed by atoms with Gasteiger partial charge in [-0.25, -0.2) is 4.98 Å². The van der Waals surface area contributed by atoms with E-state index in [0.29, 0.717) is 5.69 Å². The second kappa shape index (κ2) is 5.02. The average Bonchev–Trinajstić information content (AvgIpc) is 3.25. The summed E-state index contributed by atoms with van der Waals surface area (Å²) in [6.07, 6.45) is 7.31. The van der Waals surface area contributed by atoms with Crippen LogP contribution in [0.2, 0.25) is 0 Å². The number of hydrogen-bond donors (Lipinski definition) is 0. The van der Waals surface area contributed by atoms with E-state index in [2.05, 4.69) is 4.98 Å². The minimum atomic E-state index is -0.0259. The highest BCUT2D eigenvalue weighted by atomic mass is 16.3. The van der Waals surface area contributed by atoms with Gasteiger partial charge < -0.3 is 13.7 Å². The normalized spacial score (nSPS) is 18.2. The van der Waals surface area contributed by atoms with Crippen molar-refractivity contribution in [3.8, 4) is 0 Å². The Morgan fingerprint density at radius 1 is 1.36 bits per heavy atom. The van der Waals surface area contributed by atoms with Gasteiger partial charge in [0.25, 0.3) is 5.91 Å². The molecule has 4 heterocycles. The second-order valence-electron chi connectivity index (χ2n) is 5.72. The van der Waals surface area contributed by atoms with Gasteiger partial charge in [-0.05, 0) is 43.5 Å². The first kappa shape index (κ1) is 13.1. The van der Waals surface area contributed by atoms with Crippen molar-refractivity contribution in [1.29, 1.82) is 0 Å². The van der Waals surface area contributed by atoms with E-state index in [1.807, 2.05) is 52.9 Å². The van der Waals surface area contributed by atoms with E-state index in [4.69, 9.17) is 4.42 Å². The number of carbonyl (C=O) groups excluding carboxylic acids is 1. The number of likely N-dealkylation sites (tertiary alicyclic amines) is 1. The molecule has 1 saturated heterocycles. The van der Waals surface area contributed by atoms with E-state index in [-0.39, 0.29) is 11.9 Å². The van der Waals surface area contributed by atoms with Crippen LogP contribution in [0, 0.1) is 6.92 Å². The van der Waals surface area contributed by atoms with Gasteiger partial charge in [0.15, 0.2) is 0 Å². The van der Waals surface area contributed by atoms with Crippen LogP contribution in [-0.2, 0) is 0 Å². The smallest absolute Gasteiger partial charge is 0.274 e. The number of pyridine rings is 1. The molecule has 0 unspecified atom stereocenters. The number of hydrogen-bond acceptors (Lipinski definition) is 3. The van der Waals surface area contributed by atoms with E-state index in [1.165, 1.54) is 0 Å². The topological polar surface area (TPSA) is 50.8 Å². The van der Waals surface area contributed by atoms with E-state index >= 15 is 0 Å². The number of aromatic nitrogens is 2. The first-order valence-electron chi connectivity index (χ1n) is 7.53. The van der Waals surface area contributed by atoms with Crippen molar-refractivity contribution in [2.24, 2.45) is 0 Å². The Balaban J connectivity index is 1.69. The summed E-state index contributed by atoms with van der Waals surface area (Å²) in [4.78, 5) is 19.2. The lowest BCUT2D eigenvalue weighted by molar-refractivity contribution is 0.0714. The highest BCUT2D eigenvalue weighted by Crippen LogP contribution is 2.33. The van der Waals surface area contributed by atoms with Crippen molar-refractivity contribution in [2.45, 2.75) is 25.8 Å². The van der Waals surface area contributed by atoms with E-state index in [0.717, 1.165) is 36.4 Å². The van der Waals surface area contributed by atoms with Crippen molar-refractivity contribution in [3.63, 3.8) is 0 Å². The van der Waals surface area contributed by atoms with Crippen LogP contribution in [0.1, 0.15) is 40.7 Å². The molecule has 22 heavy (non-hydrogen) atoms. The van der Waals surface area contributed by atoms with Crippen LogP contribution in [0.15, 0.2) is 47.3 Å². The van der Waals surface area contributed by atoms with Gasteiger partial charge in [0.2, 0.25) is 0 Å². The zero-order valence-electron chi connectivity index (χ0n) is 12.4.